The number of anilines is 1. The van der Waals surface area contributed by atoms with Gasteiger partial charge in [-0.1, -0.05) is 13.8 Å². The van der Waals surface area contributed by atoms with Crippen molar-refractivity contribution in [2.24, 2.45) is 5.41 Å². The second kappa shape index (κ2) is 5.01. The van der Waals surface area contributed by atoms with E-state index in [4.69, 9.17) is 5.73 Å². The average Bonchev–Trinajstić information content (AvgIpc) is 2.95. The van der Waals surface area contributed by atoms with Crippen LogP contribution in [-0.2, 0) is 6.54 Å². The number of likely N-dealkylation sites (tertiary alicyclic amines) is 1. The maximum Gasteiger partial charge on any atom is 0.165 e. The van der Waals surface area contributed by atoms with Crippen LogP contribution >= 0.6 is 0 Å². The summed E-state index contributed by atoms with van der Waals surface area (Å²) >= 11 is 0. The second-order valence-corrected chi connectivity index (χ2v) is 6.41. The molecule has 0 unspecified atom stereocenters. The van der Waals surface area contributed by atoms with Crippen LogP contribution in [0.5, 0.6) is 0 Å². The molecular weight excluding hydrogens is 252 g/mol. The quantitative estimate of drug-likeness (QED) is 0.915. The van der Waals surface area contributed by atoms with Gasteiger partial charge in [0.25, 0.3) is 0 Å². The molecule has 1 saturated heterocycles. The fourth-order valence-corrected chi connectivity index (χ4v) is 2.94. The molecule has 1 aliphatic heterocycles. The van der Waals surface area contributed by atoms with Gasteiger partial charge in [-0.2, -0.15) is 0 Å². The summed E-state index contributed by atoms with van der Waals surface area (Å²) in [6, 6.07) is 0. The van der Waals surface area contributed by atoms with E-state index in [0.717, 1.165) is 25.2 Å². The van der Waals surface area contributed by atoms with E-state index in [9.17, 15) is 0 Å². The predicted octanol–water partition coefficient (Wildman–Crippen LogP) is 1.53. The molecule has 2 aromatic rings. The Kier molecular flexibility index (Phi) is 3.33. The lowest BCUT2D eigenvalue weighted by atomic mass is 9.93. The minimum Gasteiger partial charge on any atom is -0.382 e. The molecule has 0 atom stereocenters. The molecule has 1 aliphatic rings. The number of imidazole rings is 1. The Bertz CT molecular complexity index is 603. The van der Waals surface area contributed by atoms with Crippen molar-refractivity contribution in [2.45, 2.75) is 33.2 Å². The van der Waals surface area contributed by atoms with Crippen LogP contribution in [0, 0.1) is 5.41 Å². The van der Waals surface area contributed by atoms with Gasteiger partial charge >= 0.3 is 0 Å². The largest absolute Gasteiger partial charge is 0.382 e. The fourth-order valence-electron chi connectivity index (χ4n) is 2.94. The number of nitrogens with zero attached hydrogens (tertiary/aromatic N) is 5. The second-order valence-electron chi connectivity index (χ2n) is 6.41. The van der Waals surface area contributed by atoms with Crippen LogP contribution < -0.4 is 5.73 Å². The van der Waals surface area contributed by atoms with Crippen molar-refractivity contribution in [3.05, 3.63) is 12.7 Å². The van der Waals surface area contributed by atoms with Crippen LogP contribution in [0.3, 0.4) is 0 Å². The smallest absolute Gasteiger partial charge is 0.165 e. The first-order valence-electron chi connectivity index (χ1n) is 7.19. The van der Waals surface area contributed by atoms with Crippen LogP contribution in [0.4, 0.5) is 5.82 Å². The summed E-state index contributed by atoms with van der Waals surface area (Å²) in [6.45, 7) is 9.15. The zero-order chi connectivity index (χ0) is 14.2. The van der Waals surface area contributed by atoms with Gasteiger partial charge in [0.2, 0.25) is 0 Å². The zero-order valence-corrected chi connectivity index (χ0v) is 12.2. The minimum atomic E-state index is 0.454. The van der Waals surface area contributed by atoms with E-state index in [1.807, 2.05) is 6.33 Å². The Morgan fingerprint density at radius 3 is 2.85 bits per heavy atom. The maximum absolute atomic E-state index is 5.79. The zero-order valence-electron chi connectivity index (χ0n) is 12.2. The van der Waals surface area contributed by atoms with Gasteiger partial charge in [0, 0.05) is 13.1 Å². The highest BCUT2D eigenvalue weighted by molar-refractivity contribution is 5.80. The molecule has 0 spiro atoms. The van der Waals surface area contributed by atoms with Gasteiger partial charge < -0.3 is 15.2 Å². The van der Waals surface area contributed by atoms with Gasteiger partial charge in [-0.05, 0) is 31.3 Å². The molecule has 3 rings (SSSR count). The Labute approximate surface area is 119 Å². The van der Waals surface area contributed by atoms with Crippen molar-refractivity contribution in [2.75, 3.05) is 25.4 Å². The summed E-state index contributed by atoms with van der Waals surface area (Å²) in [4.78, 5) is 15.1. The normalized spacial score (nSPS) is 18.9. The lowest BCUT2D eigenvalue weighted by Gasteiger charge is -2.19. The van der Waals surface area contributed by atoms with Gasteiger partial charge in [0.1, 0.15) is 11.8 Å². The fraction of sp³-hybridized carbons (Fsp3) is 0.643. The average molecular weight is 274 g/mol. The Morgan fingerprint density at radius 1 is 1.25 bits per heavy atom. The van der Waals surface area contributed by atoms with E-state index >= 15 is 0 Å². The van der Waals surface area contributed by atoms with E-state index in [1.165, 1.54) is 25.8 Å². The van der Waals surface area contributed by atoms with Crippen LogP contribution in [0.25, 0.3) is 11.2 Å². The third-order valence-electron chi connectivity index (χ3n) is 4.06. The molecule has 1 fully saturated rings. The Balaban J connectivity index is 1.59. The SMILES string of the molecule is CC1(C)CCN(CCCn2cnc3c(N)ncnc32)C1. The maximum atomic E-state index is 5.79. The summed E-state index contributed by atoms with van der Waals surface area (Å²) < 4.78 is 2.06. The van der Waals surface area contributed by atoms with Crippen molar-refractivity contribution in [3.8, 4) is 0 Å². The number of rotatable bonds is 4. The number of aromatic nitrogens is 4. The molecule has 0 aromatic carbocycles. The van der Waals surface area contributed by atoms with E-state index in [-0.39, 0.29) is 0 Å². The first kappa shape index (κ1) is 13.3. The van der Waals surface area contributed by atoms with Crippen LogP contribution in [0.15, 0.2) is 12.7 Å². The summed E-state index contributed by atoms with van der Waals surface area (Å²) in [7, 11) is 0. The van der Waals surface area contributed by atoms with E-state index in [2.05, 4.69) is 38.3 Å². The van der Waals surface area contributed by atoms with Crippen LogP contribution in [0.1, 0.15) is 26.7 Å². The third-order valence-corrected chi connectivity index (χ3v) is 4.06. The minimum absolute atomic E-state index is 0.454. The third kappa shape index (κ3) is 2.60. The van der Waals surface area contributed by atoms with Gasteiger partial charge in [0.15, 0.2) is 11.5 Å². The van der Waals surface area contributed by atoms with Crippen LogP contribution in [0.2, 0.25) is 0 Å². The number of nitrogens with two attached hydrogens (primary N) is 1. The number of hydrogen-bond acceptors (Lipinski definition) is 5. The number of nitrogen functional groups attached to an aromatic ring is 1. The number of aryl methyl sites for hydroxylation is 1. The predicted molar refractivity (Wildman–Crippen MR) is 79.2 cm³/mol. The topological polar surface area (TPSA) is 72.9 Å². The van der Waals surface area contributed by atoms with Gasteiger partial charge in [-0.15, -0.1) is 0 Å². The highest BCUT2D eigenvalue weighted by atomic mass is 15.2. The lowest BCUT2D eigenvalue weighted by molar-refractivity contribution is 0.283. The summed E-state index contributed by atoms with van der Waals surface area (Å²) in [5.74, 6) is 0.454. The van der Waals surface area contributed by atoms with Gasteiger partial charge in [-0.3, -0.25) is 0 Å². The van der Waals surface area contributed by atoms with Crippen molar-refractivity contribution in [1.29, 1.82) is 0 Å². The lowest BCUT2D eigenvalue weighted by Crippen LogP contribution is -2.25. The molecule has 20 heavy (non-hydrogen) atoms. The van der Waals surface area contributed by atoms with Crippen LogP contribution in [-0.4, -0.2) is 44.1 Å². The molecule has 2 N–H and O–H groups in total. The molecular formula is C14H22N6. The van der Waals surface area contributed by atoms with Crippen molar-refractivity contribution >= 4 is 17.0 Å². The van der Waals surface area contributed by atoms with E-state index < -0.39 is 0 Å². The molecule has 0 bridgehead atoms. The van der Waals surface area contributed by atoms with Gasteiger partial charge in [-0.25, -0.2) is 15.0 Å². The summed E-state index contributed by atoms with van der Waals surface area (Å²) in [5, 5.41) is 0. The first-order chi connectivity index (χ1) is 9.55. The summed E-state index contributed by atoms with van der Waals surface area (Å²) in [5.41, 5.74) is 7.80. The molecule has 0 aliphatic carbocycles. The number of fused-ring (bicyclic) bond motifs is 1. The molecule has 0 amide bonds. The highest BCUT2D eigenvalue weighted by Crippen LogP contribution is 2.28. The van der Waals surface area contributed by atoms with Crippen molar-refractivity contribution in [1.82, 2.24) is 24.4 Å². The standard InChI is InChI=1S/C14H22N6/c1-14(2)4-7-19(8-14)5-3-6-20-10-18-11-12(15)16-9-17-13(11)20/h9-10H,3-8H2,1-2H3,(H2,15,16,17). The molecule has 6 heteroatoms. The monoisotopic (exact) mass is 274 g/mol. The molecule has 0 saturated carbocycles. The Morgan fingerprint density at radius 2 is 2.10 bits per heavy atom. The highest BCUT2D eigenvalue weighted by Gasteiger charge is 2.28. The van der Waals surface area contributed by atoms with E-state index in [0.29, 0.717) is 16.7 Å². The first-order valence-corrected chi connectivity index (χ1v) is 7.19. The molecule has 2 aromatic heterocycles. The molecule has 6 nitrogen and oxygen atoms in total. The Hall–Kier alpha value is -1.69. The molecule has 0 radical (unpaired) electrons. The molecule has 3 heterocycles. The van der Waals surface area contributed by atoms with Gasteiger partial charge in [0.05, 0.1) is 6.33 Å². The number of hydrogen-bond donors (Lipinski definition) is 1. The summed E-state index contributed by atoms with van der Waals surface area (Å²) in [6.07, 6.45) is 5.71. The van der Waals surface area contributed by atoms with Crippen molar-refractivity contribution < 1.29 is 0 Å². The molecule has 108 valence electrons. The van der Waals surface area contributed by atoms with Crippen molar-refractivity contribution in [3.63, 3.8) is 0 Å². The van der Waals surface area contributed by atoms with E-state index in [1.54, 1.807) is 0 Å².